The minimum absolute atomic E-state index is 0.0163. The van der Waals surface area contributed by atoms with Crippen LogP contribution < -0.4 is 5.56 Å². The Morgan fingerprint density at radius 3 is 1.78 bits per heavy atom. The summed E-state index contributed by atoms with van der Waals surface area (Å²) in [6.45, 7) is 0. The van der Waals surface area contributed by atoms with Gasteiger partial charge in [0.2, 0.25) is 0 Å². The number of Topliss-reactive ketones (excluding diaryl/α,β-unsaturated/α-hetero) is 2. The lowest BCUT2D eigenvalue weighted by Crippen LogP contribution is -2.21. The van der Waals surface area contributed by atoms with Gasteiger partial charge < -0.3 is 4.98 Å². The van der Waals surface area contributed by atoms with Crippen LogP contribution >= 0.6 is 23.2 Å². The molecule has 4 nitrogen and oxygen atoms in total. The Hall–Kier alpha value is -3.21. The van der Waals surface area contributed by atoms with Crippen molar-refractivity contribution in [3.8, 4) is 0 Å². The Morgan fingerprint density at radius 2 is 1.25 bits per heavy atom. The van der Waals surface area contributed by atoms with E-state index in [0.29, 0.717) is 32.3 Å². The lowest BCUT2D eigenvalue weighted by molar-refractivity contribution is 0.0944. The third kappa shape index (κ3) is 4.98. The fraction of sp³-hybridized carbons (Fsp3) is 0.115. The number of para-hydroxylation sites is 1. The number of ketones is 2. The maximum atomic E-state index is 13.0. The third-order valence-corrected chi connectivity index (χ3v) is 5.92. The van der Waals surface area contributed by atoms with E-state index in [4.69, 9.17) is 23.2 Å². The first-order valence-corrected chi connectivity index (χ1v) is 10.9. The number of pyridine rings is 1. The molecule has 160 valence electrons. The van der Waals surface area contributed by atoms with Crippen molar-refractivity contribution in [1.29, 1.82) is 0 Å². The summed E-state index contributed by atoms with van der Waals surface area (Å²) in [5.74, 6) is -0.916. The first-order chi connectivity index (χ1) is 15.4. The summed E-state index contributed by atoms with van der Waals surface area (Å²) in [6, 6.07) is 22.3. The second kappa shape index (κ2) is 9.51. The lowest BCUT2D eigenvalue weighted by Gasteiger charge is -2.16. The number of nitrogens with one attached hydrogen (secondary N) is 1. The van der Waals surface area contributed by atoms with Crippen LogP contribution in [0.1, 0.15) is 45.0 Å². The summed E-state index contributed by atoms with van der Waals surface area (Å²) in [4.78, 5) is 41.7. The highest BCUT2D eigenvalue weighted by atomic mass is 35.5. The standard InChI is InChI=1S/C26H19Cl2NO3/c27-20-9-5-16(6-10-20)24(30)14-19(15-25(31)17-7-11-21(28)12-8-17)22-13-18-3-1-2-4-23(18)29-26(22)32/h1-13,19H,14-15H2,(H,29,32). The first kappa shape index (κ1) is 22.0. The molecule has 4 rings (SSSR count). The van der Waals surface area contributed by atoms with E-state index in [1.807, 2.05) is 24.3 Å². The molecule has 0 radical (unpaired) electrons. The summed E-state index contributed by atoms with van der Waals surface area (Å²) in [5, 5.41) is 1.90. The van der Waals surface area contributed by atoms with Crippen molar-refractivity contribution in [2.45, 2.75) is 18.8 Å². The highest BCUT2D eigenvalue weighted by molar-refractivity contribution is 6.31. The number of hydrogen-bond donors (Lipinski definition) is 1. The second-order valence-electron chi connectivity index (χ2n) is 7.61. The van der Waals surface area contributed by atoms with Gasteiger partial charge in [0.1, 0.15) is 0 Å². The topological polar surface area (TPSA) is 67.0 Å². The maximum absolute atomic E-state index is 13.0. The van der Waals surface area contributed by atoms with E-state index >= 15 is 0 Å². The van der Waals surface area contributed by atoms with E-state index in [2.05, 4.69) is 4.98 Å². The molecule has 1 heterocycles. The zero-order valence-electron chi connectivity index (χ0n) is 17.0. The van der Waals surface area contributed by atoms with Crippen LogP contribution in [0.2, 0.25) is 10.0 Å². The number of aromatic amines is 1. The Morgan fingerprint density at radius 1 is 0.750 bits per heavy atom. The number of rotatable bonds is 7. The van der Waals surface area contributed by atoms with Crippen molar-refractivity contribution in [3.63, 3.8) is 0 Å². The molecule has 0 spiro atoms. The molecule has 0 fully saturated rings. The number of hydrogen-bond acceptors (Lipinski definition) is 3. The number of carbonyl (C=O) groups is 2. The number of H-pyrrole nitrogens is 1. The molecule has 0 saturated heterocycles. The molecular formula is C26H19Cl2NO3. The average Bonchev–Trinajstić information content (AvgIpc) is 2.79. The van der Waals surface area contributed by atoms with Crippen molar-refractivity contribution < 1.29 is 9.59 Å². The van der Waals surface area contributed by atoms with E-state index < -0.39 is 5.92 Å². The molecule has 0 saturated carbocycles. The van der Waals surface area contributed by atoms with Crippen molar-refractivity contribution in [3.05, 3.63) is 116 Å². The lowest BCUT2D eigenvalue weighted by atomic mass is 9.86. The normalized spacial score (nSPS) is 11.1. The van der Waals surface area contributed by atoms with Crippen LogP contribution in [0.25, 0.3) is 10.9 Å². The van der Waals surface area contributed by atoms with Gasteiger partial charge in [-0.15, -0.1) is 0 Å². The van der Waals surface area contributed by atoms with Gasteiger partial charge in [0.05, 0.1) is 0 Å². The molecule has 32 heavy (non-hydrogen) atoms. The number of halogens is 2. The minimum Gasteiger partial charge on any atom is -0.322 e. The molecule has 1 aromatic heterocycles. The van der Waals surface area contributed by atoms with Gasteiger partial charge in [-0.1, -0.05) is 41.4 Å². The molecule has 4 aromatic rings. The van der Waals surface area contributed by atoms with E-state index in [-0.39, 0.29) is 30.0 Å². The molecule has 0 amide bonds. The Bertz CT molecular complexity index is 1280. The van der Waals surface area contributed by atoms with E-state index in [1.54, 1.807) is 54.6 Å². The van der Waals surface area contributed by atoms with Crippen LogP contribution in [-0.4, -0.2) is 16.6 Å². The molecular weight excluding hydrogens is 445 g/mol. The zero-order valence-corrected chi connectivity index (χ0v) is 18.5. The fourth-order valence-electron chi connectivity index (χ4n) is 3.71. The molecule has 0 bridgehead atoms. The van der Waals surface area contributed by atoms with Gasteiger partial charge >= 0.3 is 0 Å². The number of aromatic nitrogens is 1. The minimum atomic E-state index is -0.588. The van der Waals surface area contributed by atoms with Gasteiger partial charge in [-0.05, 0) is 66.0 Å². The highest BCUT2D eigenvalue weighted by Crippen LogP contribution is 2.27. The molecule has 0 aliphatic heterocycles. The fourth-order valence-corrected chi connectivity index (χ4v) is 3.97. The van der Waals surface area contributed by atoms with Gasteiger partial charge in [0.15, 0.2) is 11.6 Å². The second-order valence-corrected chi connectivity index (χ2v) is 8.48. The molecule has 0 aliphatic rings. The molecule has 3 aromatic carbocycles. The maximum Gasteiger partial charge on any atom is 0.251 e. The molecule has 0 aliphatic carbocycles. The molecule has 1 N–H and O–H groups in total. The summed E-state index contributed by atoms with van der Waals surface area (Å²) < 4.78 is 0. The third-order valence-electron chi connectivity index (χ3n) is 5.42. The quantitative estimate of drug-likeness (QED) is 0.319. The van der Waals surface area contributed by atoms with Gasteiger partial charge in [0, 0.05) is 51.0 Å². The summed E-state index contributed by atoms with van der Waals surface area (Å²) in [7, 11) is 0. The number of fused-ring (bicyclic) bond motifs is 1. The zero-order chi connectivity index (χ0) is 22.7. The van der Waals surface area contributed by atoms with Gasteiger partial charge in [-0.2, -0.15) is 0 Å². The number of benzene rings is 3. The van der Waals surface area contributed by atoms with Gasteiger partial charge in [-0.25, -0.2) is 0 Å². The molecule has 0 atom stereocenters. The summed E-state index contributed by atoms with van der Waals surface area (Å²) in [5.41, 5.74) is 1.77. The Labute approximate surface area is 194 Å². The van der Waals surface area contributed by atoms with Crippen molar-refractivity contribution in [2.75, 3.05) is 0 Å². The van der Waals surface area contributed by atoms with Crippen molar-refractivity contribution in [2.24, 2.45) is 0 Å². The van der Waals surface area contributed by atoms with E-state index in [0.717, 1.165) is 5.39 Å². The smallest absolute Gasteiger partial charge is 0.251 e. The van der Waals surface area contributed by atoms with Gasteiger partial charge in [0.25, 0.3) is 5.56 Å². The highest BCUT2D eigenvalue weighted by Gasteiger charge is 2.24. The first-order valence-electron chi connectivity index (χ1n) is 10.1. The SMILES string of the molecule is O=C(CC(CC(=O)c1ccc(Cl)cc1)c1cc2ccccc2[nH]c1=O)c1ccc(Cl)cc1. The number of carbonyl (C=O) groups excluding carboxylic acids is 2. The van der Waals surface area contributed by atoms with Crippen LogP contribution in [0.3, 0.4) is 0 Å². The van der Waals surface area contributed by atoms with E-state index in [1.165, 1.54) is 0 Å². The van der Waals surface area contributed by atoms with Crippen LogP contribution in [0, 0.1) is 0 Å². The predicted molar refractivity (Wildman–Crippen MR) is 128 cm³/mol. The Balaban J connectivity index is 1.70. The predicted octanol–water partition coefficient (Wildman–Crippen LogP) is 6.46. The van der Waals surface area contributed by atoms with Gasteiger partial charge in [-0.3, -0.25) is 14.4 Å². The van der Waals surface area contributed by atoms with Crippen molar-refractivity contribution >= 4 is 45.7 Å². The largest absolute Gasteiger partial charge is 0.322 e. The van der Waals surface area contributed by atoms with Crippen LogP contribution in [-0.2, 0) is 0 Å². The van der Waals surface area contributed by atoms with E-state index in [9.17, 15) is 14.4 Å². The van der Waals surface area contributed by atoms with Crippen molar-refractivity contribution in [1.82, 2.24) is 4.98 Å². The monoisotopic (exact) mass is 463 g/mol. The summed E-state index contributed by atoms with van der Waals surface area (Å²) >= 11 is 11.9. The molecule has 6 heteroatoms. The van der Waals surface area contributed by atoms with Crippen LogP contribution in [0.15, 0.2) is 83.7 Å². The summed E-state index contributed by atoms with van der Waals surface area (Å²) in [6.07, 6.45) is 0.0325. The van der Waals surface area contributed by atoms with Crippen LogP contribution in [0.5, 0.6) is 0 Å². The molecule has 0 unspecified atom stereocenters. The van der Waals surface area contributed by atoms with Crippen LogP contribution in [0.4, 0.5) is 0 Å². The Kier molecular flexibility index (Phi) is 6.54. The average molecular weight is 464 g/mol.